The lowest BCUT2D eigenvalue weighted by Crippen LogP contribution is -2.15. The largest absolute Gasteiger partial charge is 0.465 e. The van der Waals surface area contributed by atoms with Crippen LogP contribution in [0.4, 0.5) is 10.7 Å². The van der Waals surface area contributed by atoms with E-state index in [0.717, 1.165) is 71.3 Å². The average Bonchev–Trinajstić information content (AvgIpc) is 3.44. The Bertz CT molecular complexity index is 1490. The van der Waals surface area contributed by atoms with E-state index >= 15 is 0 Å². The molecule has 4 aromatic rings. The number of aryl methyl sites for hydroxylation is 2. The first kappa shape index (κ1) is 23.2. The van der Waals surface area contributed by atoms with E-state index in [1.54, 1.807) is 0 Å². The second-order valence-electron chi connectivity index (χ2n) is 9.50. The van der Waals surface area contributed by atoms with Gasteiger partial charge in [0, 0.05) is 16.0 Å². The molecule has 36 heavy (non-hydrogen) atoms. The van der Waals surface area contributed by atoms with Gasteiger partial charge in [-0.1, -0.05) is 30.3 Å². The number of nitrogens with zero attached hydrogens (tertiary/aromatic N) is 1. The lowest BCUT2D eigenvalue weighted by atomic mass is 9.82. The summed E-state index contributed by atoms with van der Waals surface area (Å²) in [5, 5.41) is 4.36. The summed E-state index contributed by atoms with van der Waals surface area (Å²) in [7, 11) is 1.38. The first-order valence-corrected chi connectivity index (χ1v) is 14.0. The number of rotatable bonds is 4. The number of methoxy groups -OCH3 is 1. The number of ether oxygens (including phenoxy) is 1. The third kappa shape index (κ3) is 3.98. The number of nitrogen functional groups attached to an aromatic ring is 1. The number of thiophene rings is 2. The molecule has 0 spiro atoms. The number of aromatic nitrogens is 1. The van der Waals surface area contributed by atoms with E-state index in [1.807, 2.05) is 6.07 Å². The number of pyridine rings is 1. The Kier molecular flexibility index (Phi) is 6.01. The van der Waals surface area contributed by atoms with Gasteiger partial charge in [-0.05, 0) is 73.6 Å². The number of benzene rings is 1. The van der Waals surface area contributed by atoms with Gasteiger partial charge < -0.3 is 15.8 Å². The van der Waals surface area contributed by atoms with Gasteiger partial charge in [0.1, 0.15) is 14.7 Å². The Balaban J connectivity index is 1.31. The lowest BCUT2D eigenvalue weighted by molar-refractivity contribution is 0.0601. The molecule has 8 heteroatoms. The van der Waals surface area contributed by atoms with Crippen LogP contribution in [-0.4, -0.2) is 24.0 Å². The van der Waals surface area contributed by atoms with Crippen molar-refractivity contribution in [2.24, 2.45) is 0 Å². The van der Waals surface area contributed by atoms with Crippen molar-refractivity contribution in [3.8, 4) is 0 Å². The monoisotopic (exact) mass is 517 g/mol. The summed E-state index contributed by atoms with van der Waals surface area (Å²) in [5.74, 6) is -0.252. The molecule has 3 heterocycles. The maximum Gasteiger partial charge on any atom is 0.341 e. The number of nitrogens with one attached hydrogen (secondary N) is 1. The van der Waals surface area contributed by atoms with Crippen LogP contribution >= 0.6 is 22.7 Å². The molecule has 6 nitrogen and oxygen atoms in total. The summed E-state index contributed by atoms with van der Waals surface area (Å²) < 4.78 is 5.04. The van der Waals surface area contributed by atoms with E-state index in [2.05, 4.69) is 35.6 Å². The molecular weight excluding hydrogens is 490 g/mol. The topological polar surface area (TPSA) is 94.3 Å². The molecule has 0 saturated heterocycles. The number of carbonyl (C=O) groups excluding carboxylic acids is 2. The highest BCUT2D eigenvalue weighted by molar-refractivity contribution is 7.21. The van der Waals surface area contributed by atoms with Crippen molar-refractivity contribution in [2.75, 3.05) is 18.2 Å². The zero-order valence-electron chi connectivity index (χ0n) is 20.1. The van der Waals surface area contributed by atoms with Gasteiger partial charge in [-0.25, -0.2) is 9.78 Å². The van der Waals surface area contributed by atoms with Crippen LogP contribution in [-0.2, 0) is 30.4 Å². The molecule has 2 aliphatic carbocycles. The van der Waals surface area contributed by atoms with Gasteiger partial charge in [-0.3, -0.25) is 4.79 Å². The summed E-state index contributed by atoms with van der Waals surface area (Å²) in [4.78, 5) is 33.2. The molecule has 0 fully saturated rings. The minimum absolute atomic E-state index is 0.306. The van der Waals surface area contributed by atoms with Gasteiger partial charge in [-0.2, -0.15) is 0 Å². The van der Waals surface area contributed by atoms with Crippen LogP contribution in [0.2, 0.25) is 0 Å². The smallest absolute Gasteiger partial charge is 0.341 e. The van der Waals surface area contributed by atoms with Crippen LogP contribution in [0.5, 0.6) is 0 Å². The molecule has 1 aromatic carbocycles. The van der Waals surface area contributed by atoms with E-state index < -0.39 is 5.97 Å². The van der Waals surface area contributed by atoms with Crippen molar-refractivity contribution >= 4 is 55.5 Å². The molecule has 0 aliphatic heterocycles. The zero-order valence-corrected chi connectivity index (χ0v) is 21.7. The van der Waals surface area contributed by atoms with E-state index in [-0.39, 0.29) is 5.91 Å². The van der Waals surface area contributed by atoms with Gasteiger partial charge in [0.05, 0.1) is 18.4 Å². The van der Waals surface area contributed by atoms with Crippen LogP contribution in [0, 0.1) is 0 Å². The fraction of sp³-hybridized carbons (Fsp3) is 0.321. The summed E-state index contributed by atoms with van der Waals surface area (Å²) in [6.45, 7) is 0. The SMILES string of the molecule is COC(=O)c1c(NC(=O)c2sc3nc4c(cc3c2N)CC(c2ccccc2)CC4)sc2c1CCCC2. The van der Waals surface area contributed by atoms with Gasteiger partial charge in [-0.15, -0.1) is 22.7 Å². The Morgan fingerprint density at radius 2 is 1.92 bits per heavy atom. The third-order valence-corrected chi connectivity index (χ3v) is 9.67. The van der Waals surface area contributed by atoms with E-state index in [4.69, 9.17) is 15.5 Å². The third-order valence-electron chi connectivity index (χ3n) is 7.35. The molecule has 0 saturated carbocycles. The van der Waals surface area contributed by atoms with E-state index in [0.29, 0.717) is 27.0 Å². The van der Waals surface area contributed by atoms with Gasteiger partial charge in [0.2, 0.25) is 0 Å². The van der Waals surface area contributed by atoms with Gasteiger partial charge >= 0.3 is 5.97 Å². The Morgan fingerprint density at radius 1 is 1.11 bits per heavy atom. The van der Waals surface area contributed by atoms with Crippen LogP contribution in [0.1, 0.15) is 72.5 Å². The number of esters is 1. The molecule has 1 unspecified atom stereocenters. The molecular formula is C28H27N3O3S2. The standard InChI is InChI=1S/C28H27N3O3S2/c1-34-28(33)22-18-9-5-6-10-21(18)35-27(22)31-25(32)24-23(29)19-14-17-13-16(15-7-3-2-4-8-15)11-12-20(17)30-26(19)36-24/h2-4,7-8,14,16H,5-6,9-13,29H2,1H3,(H,31,32). The molecule has 184 valence electrons. The highest BCUT2D eigenvalue weighted by Gasteiger charge is 2.29. The van der Waals surface area contributed by atoms with Crippen molar-refractivity contribution in [1.82, 2.24) is 4.98 Å². The van der Waals surface area contributed by atoms with Crippen molar-refractivity contribution < 1.29 is 14.3 Å². The number of nitrogens with two attached hydrogens (primary N) is 1. The van der Waals surface area contributed by atoms with Crippen molar-refractivity contribution in [1.29, 1.82) is 0 Å². The maximum atomic E-state index is 13.4. The van der Waals surface area contributed by atoms with Crippen molar-refractivity contribution in [3.63, 3.8) is 0 Å². The maximum absolute atomic E-state index is 13.4. The number of hydrogen-bond acceptors (Lipinski definition) is 7. The summed E-state index contributed by atoms with van der Waals surface area (Å²) in [6.07, 6.45) is 6.76. The molecule has 3 aromatic heterocycles. The molecule has 0 bridgehead atoms. The minimum Gasteiger partial charge on any atom is -0.465 e. The number of carbonyl (C=O) groups is 2. The Hall–Kier alpha value is -3.23. The zero-order chi connectivity index (χ0) is 24.8. The normalized spacial score (nSPS) is 16.9. The number of amides is 1. The van der Waals surface area contributed by atoms with Crippen molar-refractivity contribution in [2.45, 2.75) is 50.9 Å². The predicted octanol–water partition coefficient (Wildman–Crippen LogP) is 6.13. The highest BCUT2D eigenvalue weighted by Crippen LogP contribution is 2.41. The van der Waals surface area contributed by atoms with E-state index in [9.17, 15) is 9.59 Å². The minimum atomic E-state index is -0.406. The second-order valence-corrected chi connectivity index (χ2v) is 11.6. The first-order chi connectivity index (χ1) is 17.5. The summed E-state index contributed by atoms with van der Waals surface area (Å²) in [5.41, 5.74) is 12.1. The first-order valence-electron chi connectivity index (χ1n) is 12.3. The molecule has 3 N–H and O–H groups in total. The Morgan fingerprint density at radius 3 is 2.72 bits per heavy atom. The summed E-state index contributed by atoms with van der Waals surface area (Å²) in [6, 6.07) is 12.7. The van der Waals surface area contributed by atoms with Crippen LogP contribution in [0.15, 0.2) is 36.4 Å². The number of hydrogen-bond donors (Lipinski definition) is 2. The molecule has 6 rings (SSSR count). The molecule has 1 atom stereocenters. The second kappa shape index (κ2) is 9.33. The van der Waals surface area contributed by atoms with E-state index in [1.165, 1.54) is 40.9 Å². The fourth-order valence-electron chi connectivity index (χ4n) is 5.50. The predicted molar refractivity (Wildman–Crippen MR) is 145 cm³/mol. The van der Waals surface area contributed by atoms with Crippen LogP contribution in [0.3, 0.4) is 0 Å². The Labute approximate surface area is 217 Å². The fourth-order valence-corrected chi connectivity index (χ4v) is 7.76. The molecule has 0 radical (unpaired) electrons. The quantitative estimate of drug-likeness (QED) is 0.318. The lowest BCUT2D eigenvalue weighted by Gasteiger charge is -2.24. The number of anilines is 2. The van der Waals surface area contributed by atoms with Crippen molar-refractivity contribution in [3.05, 3.63) is 74.1 Å². The average molecular weight is 518 g/mol. The van der Waals surface area contributed by atoms with Crippen LogP contribution in [0.25, 0.3) is 10.2 Å². The molecule has 2 aliphatic rings. The highest BCUT2D eigenvalue weighted by atomic mass is 32.1. The van der Waals surface area contributed by atoms with Gasteiger partial charge in [0.15, 0.2) is 0 Å². The number of fused-ring (bicyclic) bond motifs is 3. The van der Waals surface area contributed by atoms with Gasteiger partial charge in [0.25, 0.3) is 5.91 Å². The molecule has 1 amide bonds. The summed E-state index contributed by atoms with van der Waals surface area (Å²) >= 11 is 2.79. The van der Waals surface area contributed by atoms with Crippen LogP contribution < -0.4 is 11.1 Å².